The van der Waals surface area contributed by atoms with E-state index in [9.17, 15) is 9.59 Å². The minimum absolute atomic E-state index is 0.0607. The largest absolute Gasteiger partial charge is 0.484 e. The number of carbonyl (C=O) groups excluding carboxylic acids is 2. The molecule has 0 unspecified atom stereocenters. The first-order chi connectivity index (χ1) is 13.7. The molecule has 0 aliphatic carbocycles. The number of halogens is 2. The zero-order chi connectivity index (χ0) is 21.4. The van der Waals surface area contributed by atoms with Crippen molar-refractivity contribution in [2.24, 2.45) is 0 Å². The number of rotatable bonds is 6. The van der Waals surface area contributed by atoms with Crippen molar-refractivity contribution >= 4 is 61.0 Å². The van der Waals surface area contributed by atoms with Crippen LogP contribution < -0.4 is 25.6 Å². The van der Waals surface area contributed by atoms with Crippen molar-refractivity contribution in [3.8, 4) is 11.5 Å². The van der Waals surface area contributed by atoms with Crippen LogP contribution in [0.4, 0.5) is 0 Å². The molecule has 0 saturated heterocycles. The van der Waals surface area contributed by atoms with Crippen molar-refractivity contribution in [3.63, 3.8) is 0 Å². The van der Waals surface area contributed by atoms with Crippen molar-refractivity contribution < 1.29 is 19.1 Å². The summed E-state index contributed by atoms with van der Waals surface area (Å²) in [5, 5.41) is 2.34. The third-order valence-corrected chi connectivity index (χ3v) is 5.23. The van der Waals surface area contributed by atoms with Gasteiger partial charge in [0.25, 0.3) is 11.8 Å². The fourth-order valence-corrected chi connectivity index (χ4v) is 3.10. The first kappa shape index (κ1) is 23.1. The molecule has 0 atom stereocenters. The van der Waals surface area contributed by atoms with Gasteiger partial charge in [-0.15, -0.1) is 0 Å². The second-order valence-corrected chi connectivity index (χ2v) is 8.09. The lowest BCUT2D eigenvalue weighted by atomic mass is 10.2. The molecule has 0 aromatic heterocycles. The molecule has 3 N–H and O–H groups in total. The van der Waals surface area contributed by atoms with Crippen molar-refractivity contribution in [1.29, 1.82) is 0 Å². The van der Waals surface area contributed by atoms with Crippen molar-refractivity contribution in [2.45, 2.75) is 13.8 Å². The number of hydrogen-bond donors (Lipinski definition) is 3. The topological polar surface area (TPSA) is 88.7 Å². The van der Waals surface area contributed by atoms with Crippen molar-refractivity contribution in [2.75, 3.05) is 13.2 Å². The Bertz CT molecular complexity index is 924. The van der Waals surface area contributed by atoms with Gasteiger partial charge in [-0.05, 0) is 83.5 Å². The highest BCUT2D eigenvalue weighted by atomic mass is 79.9. The summed E-state index contributed by atoms with van der Waals surface area (Å²) in [6.07, 6.45) is 0. The van der Waals surface area contributed by atoms with Gasteiger partial charge in [0.1, 0.15) is 11.5 Å². The Morgan fingerprint density at radius 2 is 1.66 bits per heavy atom. The smallest absolute Gasteiger partial charge is 0.276 e. The molecule has 154 valence electrons. The molecule has 0 aliphatic rings. The van der Waals surface area contributed by atoms with E-state index in [1.807, 2.05) is 38.1 Å². The standard InChI is InChI=1S/C19H19Br2N3O4S/c1-11-3-6-16(15(21)7-11)28-9-17(25)22-19(29)24-23-18(26)10-27-13-4-5-14(20)12(2)8-13/h3-8H,9-10H2,1-2H3,(H,23,26)(H2,22,24,25,29). The summed E-state index contributed by atoms with van der Waals surface area (Å²) in [4.78, 5) is 23.7. The van der Waals surface area contributed by atoms with E-state index in [0.717, 1.165) is 20.1 Å². The molecule has 0 saturated carbocycles. The van der Waals surface area contributed by atoms with E-state index >= 15 is 0 Å². The summed E-state index contributed by atoms with van der Waals surface area (Å²) in [5.74, 6) is 0.183. The average molecular weight is 545 g/mol. The third kappa shape index (κ3) is 8.00. The van der Waals surface area contributed by atoms with E-state index in [0.29, 0.717) is 11.5 Å². The van der Waals surface area contributed by atoms with Crippen LogP contribution in [0, 0.1) is 13.8 Å². The van der Waals surface area contributed by atoms with Gasteiger partial charge in [-0.2, -0.15) is 0 Å². The molecule has 10 heteroatoms. The van der Waals surface area contributed by atoms with Crippen LogP contribution in [0.25, 0.3) is 0 Å². The maximum atomic E-state index is 11.9. The average Bonchev–Trinajstić information content (AvgIpc) is 2.66. The Morgan fingerprint density at radius 3 is 2.34 bits per heavy atom. The highest BCUT2D eigenvalue weighted by Gasteiger charge is 2.09. The summed E-state index contributed by atoms with van der Waals surface area (Å²) in [7, 11) is 0. The third-order valence-electron chi connectivity index (χ3n) is 3.51. The molecule has 2 amide bonds. The molecule has 0 bridgehead atoms. The Hall–Kier alpha value is -2.17. The molecule has 0 heterocycles. The number of thiocarbonyl (C=S) groups is 1. The number of aryl methyl sites for hydroxylation is 2. The van der Waals surface area contributed by atoms with Crippen LogP contribution in [0.3, 0.4) is 0 Å². The second kappa shape index (κ2) is 11.1. The Morgan fingerprint density at radius 1 is 0.931 bits per heavy atom. The van der Waals surface area contributed by atoms with Crippen molar-refractivity contribution in [3.05, 3.63) is 56.5 Å². The maximum Gasteiger partial charge on any atom is 0.276 e. The fourth-order valence-electron chi connectivity index (χ4n) is 2.08. The Kier molecular flexibility index (Phi) is 8.87. The van der Waals surface area contributed by atoms with Gasteiger partial charge in [-0.3, -0.25) is 25.8 Å². The van der Waals surface area contributed by atoms with E-state index in [2.05, 4.69) is 48.0 Å². The highest BCUT2D eigenvalue weighted by molar-refractivity contribution is 9.10. The van der Waals surface area contributed by atoms with Gasteiger partial charge in [-0.25, -0.2) is 0 Å². The van der Waals surface area contributed by atoms with Crippen LogP contribution in [0.15, 0.2) is 45.3 Å². The lowest BCUT2D eigenvalue weighted by Gasteiger charge is -2.12. The van der Waals surface area contributed by atoms with Gasteiger partial charge in [-0.1, -0.05) is 22.0 Å². The number of hydrogen-bond acceptors (Lipinski definition) is 5. The Labute approximate surface area is 190 Å². The molecule has 0 aliphatic heterocycles. The van der Waals surface area contributed by atoms with E-state index < -0.39 is 11.8 Å². The van der Waals surface area contributed by atoms with E-state index in [-0.39, 0.29) is 18.3 Å². The summed E-state index contributed by atoms with van der Waals surface area (Å²) < 4.78 is 12.5. The predicted molar refractivity (Wildman–Crippen MR) is 121 cm³/mol. The number of benzene rings is 2. The lowest BCUT2D eigenvalue weighted by Crippen LogP contribution is -2.50. The van der Waals surface area contributed by atoms with Crippen LogP contribution in [-0.4, -0.2) is 30.1 Å². The van der Waals surface area contributed by atoms with Crippen LogP contribution in [-0.2, 0) is 9.59 Å². The molecule has 0 fully saturated rings. The van der Waals surface area contributed by atoms with Gasteiger partial charge in [0.05, 0.1) is 4.47 Å². The zero-order valence-electron chi connectivity index (χ0n) is 15.7. The van der Waals surface area contributed by atoms with Gasteiger partial charge in [0, 0.05) is 4.47 Å². The molecule has 29 heavy (non-hydrogen) atoms. The van der Waals surface area contributed by atoms with Gasteiger partial charge < -0.3 is 9.47 Å². The molecule has 2 aromatic carbocycles. The molecule has 2 aromatic rings. The molecule has 2 rings (SSSR count). The first-order valence-corrected chi connectivity index (χ1v) is 10.4. The van der Waals surface area contributed by atoms with E-state index in [1.54, 1.807) is 12.1 Å². The minimum atomic E-state index is -0.467. The number of hydrazine groups is 1. The second-order valence-electron chi connectivity index (χ2n) is 5.97. The summed E-state index contributed by atoms with van der Waals surface area (Å²) in [6.45, 7) is 3.42. The summed E-state index contributed by atoms with van der Waals surface area (Å²) in [6, 6.07) is 10.9. The van der Waals surface area contributed by atoms with Gasteiger partial charge in [0.15, 0.2) is 18.3 Å². The SMILES string of the molecule is Cc1ccc(OCC(=O)NC(=S)NNC(=O)COc2ccc(Br)c(C)c2)c(Br)c1. The molecular weight excluding hydrogens is 526 g/mol. The van der Waals surface area contributed by atoms with Crippen LogP contribution >= 0.6 is 44.1 Å². The quantitative estimate of drug-likeness (QED) is 0.382. The molecule has 7 nitrogen and oxygen atoms in total. The van der Waals surface area contributed by atoms with Crippen LogP contribution in [0.2, 0.25) is 0 Å². The predicted octanol–water partition coefficient (Wildman–Crippen LogP) is 3.31. The van der Waals surface area contributed by atoms with E-state index in [1.165, 1.54) is 0 Å². The fraction of sp³-hybridized carbons (Fsp3) is 0.211. The summed E-state index contributed by atoms with van der Waals surface area (Å²) >= 11 is 11.7. The van der Waals surface area contributed by atoms with Crippen molar-refractivity contribution in [1.82, 2.24) is 16.2 Å². The van der Waals surface area contributed by atoms with Gasteiger partial charge >= 0.3 is 0 Å². The molecule has 0 spiro atoms. The lowest BCUT2D eigenvalue weighted by molar-refractivity contribution is -0.124. The normalized spacial score (nSPS) is 10.1. The number of carbonyl (C=O) groups is 2. The van der Waals surface area contributed by atoms with Gasteiger partial charge in [0.2, 0.25) is 0 Å². The molecular formula is C19H19Br2N3O4S. The summed E-state index contributed by atoms with van der Waals surface area (Å²) in [5.41, 5.74) is 6.83. The van der Waals surface area contributed by atoms with Crippen LogP contribution in [0.1, 0.15) is 11.1 Å². The van der Waals surface area contributed by atoms with E-state index in [4.69, 9.17) is 21.7 Å². The maximum absolute atomic E-state index is 11.9. The number of amides is 2. The highest BCUT2D eigenvalue weighted by Crippen LogP contribution is 2.25. The molecule has 0 radical (unpaired) electrons. The zero-order valence-corrected chi connectivity index (χ0v) is 19.7. The number of nitrogens with one attached hydrogen (secondary N) is 3. The first-order valence-electron chi connectivity index (χ1n) is 8.41. The Balaban J connectivity index is 1.68. The number of ether oxygens (including phenoxy) is 2. The van der Waals surface area contributed by atoms with Crippen LogP contribution in [0.5, 0.6) is 11.5 Å². The minimum Gasteiger partial charge on any atom is -0.484 e. The monoisotopic (exact) mass is 543 g/mol.